The molecule has 0 N–H and O–H groups in total. The normalized spacial score (nSPS) is 11.2. The van der Waals surface area contributed by atoms with Gasteiger partial charge in [-0.25, -0.2) is 9.97 Å². The second-order valence-electron chi connectivity index (χ2n) is 5.33. The van der Waals surface area contributed by atoms with Crippen molar-refractivity contribution in [1.29, 1.82) is 0 Å². The van der Waals surface area contributed by atoms with E-state index in [1.54, 1.807) is 18.5 Å². The number of carbonyl (C=O) groups is 1. The Morgan fingerprint density at radius 2 is 1.80 bits per heavy atom. The Hall–Kier alpha value is -2.76. The summed E-state index contributed by atoms with van der Waals surface area (Å²) >= 11 is 0. The number of aromatic nitrogens is 2. The second-order valence-corrected chi connectivity index (χ2v) is 5.33. The average molecular weight is 341 g/mol. The second kappa shape index (κ2) is 10.9. The highest BCUT2D eigenvalue weighted by molar-refractivity contribution is 6.10. The molecule has 25 heavy (non-hydrogen) atoms. The zero-order chi connectivity index (χ0) is 17.7. The van der Waals surface area contributed by atoms with E-state index in [1.165, 1.54) is 0 Å². The maximum absolute atomic E-state index is 11.2. The van der Waals surface area contributed by atoms with E-state index in [4.69, 9.17) is 9.57 Å². The first-order chi connectivity index (χ1) is 12.3. The van der Waals surface area contributed by atoms with Gasteiger partial charge in [-0.05, 0) is 32.3 Å². The molecule has 0 atom stereocenters. The molecule has 1 aromatic carbocycles. The molecule has 0 aliphatic rings. The minimum Gasteiger partial charge on any atom is -0.466 e. The van der Waals surface area contributed by atoms with Gasteiger partial charge < -0.3 is 9.57 Å². The van der Waals surface area contributed by atoms with E-state index in [9.17, 15) is 4.79 Å². The van der Waals surface area contributed by atoms with Gasteiger partial charge in [0.25, 0.3) is 0 Å². The van der Waals surface area contributed by atoms with Gasteiger partial charge in [0.05, 0.1) is 6.61 Å². The highest BCUT2D eigenvalue weighted by atomic mass is 16.6. The summed E-state index contributed by atoms with van der Waals surface area (Å²) in [6, 6.07) is 11.5. The van der Waals surface area contributed by atoms with Gasteiger partial charge in [0.15, 0.2) is 11.5 Å². The maximum atomic E-state index is 11.2. The third-order valence-corrected chi connectivity index (χ3v) is 3.40. The lowest BCUT2D eigenvalue weighted by Crippen LogP contribution is -2.09. The van der Waals surface area contributed by atoms with Gasteiger partial charge in [-0.1, -0.05) is 35.5 Å². The quantitative estimate of drug-likeness (QED) is 0.287. The van der Waals surface area contributed by atoms with Gasteiger partial charge in [0.2, 0.25) is 0 Å². The predicted octanol–water partition coefficient (Wildman–Crippen LogP) is 3.37. The van der Waals surface area contributed by atoms with Crippen LogP contribution in [0.2, 0.25) is 0 Å². The van der Waals surface area contributed by atoms with Crippen LogP contribution in [0.1, 0.15) is 44.0 Å². The first kappa shape index (κ1) is 18.6. The van der Waals surface area contributed by atoms with E-state index in [1.807, 2.05) is 37.3 Å². The van der Waals surface area contributed by atoms with Gasteiger partial charge >= 0.3 is 5.97 Å². The summed E-state index contributed by atoms with van der Waals surface area (Å²) in [5.74, 6) is 0.380. The molecular formula is C19H23N3O3. The van der Waals surface area contributed by atoms with E-state index in [2.05, 4.69) is 15.1 Å². The van der Waals surface area contributed by atoms with Crippen molar-refractivity contribution in [1.82, 2.24) is 9.97 Å². The Kier molecular flexibility index (Phi) is 8.11. The molecule has 132 valence electrons. The zero-order valence-corrected chi connectivity index (χ0v) is 14.4. The summed E-state index contributed by atoms with van der Waals surface area (Å²) in [7, 11) is 0. The highest BCUT2D eigenvalue weighted by Gasteiger charge is 2.10. The molecule has 0 saturated carbocycles. The summed E-state index contributed by atoms with van der Waals surface area (Å²) in [4.78, 5) is 25.2. The third-order valence-electron chi connectivity index (χ3n) is 3.40. The number of unbranched alkanes of at least 4 members (excludes halogenated alkanes) is 2. The lowest BCUT2D eigenvalue weighted by Gasteiger charge is -2.06. The monoisotopic (exact) mass is 341 g/mol. The molecule has 0 saturated heterocycles. The standard InChI is InChI=1S/C19H23N3O3/c1-2-24-17(23)12-7-4-8-15-25-22-18(16-10-5-3-6-11-16)19-20-13-9-14-21-19/h3,5-6,9-11,13-14H,2,4,7-8,12,15H2,1H3/b22-18-. The van der Waals surface area contributed by atoms with E-state index >= 15 is 0 Å². The molecule has 0 aliphatic carbocycles. The summed E-state index contributed by atoms with van der Waals surface area (Å²) in [6.45, 7) is 2.72. The van der Waals surface area contributed by atoms with Gasteiger partial charge in [-0.2, -0.15) is 0 Å². The van der Waals surface area contributed by atoms with Crippen molar-refractivity contribution in [3.8, 4) is 0 Å². The van der Waals surface area contributed by atoms with E-state index in [0.717, 1.165) is 24.8 Å². The first-order valence-corrected chi connectivity index (χ1v) is 8.49. The van der Waals surface area contributed by atoms with Crippen LogP contribution >= 0.6 is 0 Å². The Morgan fingerprint density at radius 3 is 2.52 bits per heavy atom. The van der Waals surface area contributed by atoms with Crippen LogP contribution < -0.4 is 0 Å². The number of esters is 1. The molecule has 0 unspecified atom stereocenters. The van der Waals surface area contributed by atoms with Crippen LogP contribution in [-0.2, 0) is 14.4 Å². The molecule has 0 amide bonds. The SMILES string of the molecule is CCOC(=O)CCCCCO/N=C(/c1ccccc1)c1ncccn1. The van der Waals surface area contributed by atoms with Gasteiger partial charge in [0, 0.05) is 24.4 Å². The van der Waals surface area contributed by atoms with Crippen LogP contribution in [0.15, 0.2) is 53.9 Å². The maximum Gasteiger partial charge on any atom is 0.305 e. The fraction of sp³-hybridized carbons (Fsp3) is 0.368. The van der Waals surface area contributed by atoms with Crippen molar-refractivity contribution in [3.63, 3.8) is 0 Å². The minimum atomic E-state index is -0.144. The molecule has 0 bridgehead atoms. The topological polar surface area (TPSA) is 73.7 Å². The molecule has 0 radical (unpaired) electrons. The van der Waals surface area contributed by atoms with Gasteiger partial charge in [-0.3, -0.25) is 4.79 Å². The summed E-state index contributed by atoms with van der Waals surface area (Å²) in [5, 5.41) is 4.23. The predicted molar refractivity (Wildman–Crippen MR) is 95.2 cm³/mol. The minimum absolute atomic E-state index is 0.144. The summed E-state index contributed by atoms with van der Waals surface area (Å²) in [5.41, 5.74) is 1.50. The largest absolute Gasteiger partial charge is 0.466 e. The van der Waals surface area contributed by atoms with Crippen LogP contribution in [-0.4, -0.2) is 34.9 Å². The number of hydrogen-bond acceptors (Lipinski definition) is 6. The summed E-state index contributed by atoms with van der Waals surface area (Å²) in [6.07, 6.45) is 6.30. The smallest absolute Gasteiger partial charge is 0.305 e. The third kappa shape index (κ3) is 6.71. The van der Waals surface area contributed by atoms with Crippen LogP contribution in [0.5, 0.6) is 0 Å². The molecule has 2 aromatic rings. The van der Waals surface area contributed by atoms with Crippen LogP contribution in [0.4, 0.5) is 0 Å². The molecule has 0 aliphatic heterocycles. The molecule has 1 aromatic heterocycles. The van der Waals surface area contributed by atoms with Crippen molar-refractivity contribution in [2.45, 2.75) is 32.6 Å². The van der Waals surface area contributed by atoms with Crippen molar-refractivity contribution in [2.24, 2.45) is 5.16 Å². The fourth-order valence-electron chi connectivity index (χ4n) is 2.20. The molecule has 6 heteroatoms. The number of oxime groups is 1. The Morgan fingerprint density at radius 1 is 1.04 bits per heavy atom. The van der Waals surface area contributed by atoms with Crippen LogP contribution in [0.25, 0.3) is 0 Å². The van der Waals surface area contributed by atoms with Crippen molar-refractivity contribution in [2.75, 3.05) is 13.2 Å². The molecule has 0 spiro atoms. The molecular weight excluding hydrogens is 318 g/mol. The Labute approximate surface area is 147 Å². The van der Waals surface area contributed by atoms with Crippen molar-refractivity contribution >= 4 is 11.7 Å². The highest BCUT2D eigenvalue weighted by Crippen LogP contribution is 2.08. The van der Waals surface area contributed by atoms with Crippen molar-refractivity contribution in [3.05, 3.63) is 60.2 Å². The average Bonchev–Trinajstić information content (AvgIpc) is 2.65. The number of benzene rings is 1. The van der Waals surface area contributed by atoms with Crippen molar-refractivity contribution < 1.29 is 14.4 Å². The Balaban J connectivity index is 1.84. The molecule has 1 heterocycles. The molecule has 0 fully saturated rings. The lowest BCUT2D eigenvalue weighted by molar-refractivity contribution is -0.143. The Bertz CT molecular complexity index is 619. The molecule has 2 rings (SSSR count). The van der Waals surface area contributed by atoms with Crippen LogP contribution in [0.3, 0.4) is 0 Å². The van der Waals surface area contributed by atoms with Gasteiger partial charge in [0.1, 0.15) is 6.61 Å². The van der Waals surface area contributed by atoms with E-state index in [0.29, 0.717) is 31.2 Å². The summed E-state index contributed by atoms with van der Waals surface area (Å²) < 4.78 is 4.89. The molecule has 6 nitrogen and oxygen atoms in total. The number of ether oxygens (including phenoxy) is 1. The first-order valence-electron chi connectivity index (χ1n) is 8.49. The van der Waals surface area contributed by atoms with Gasteiger partial charge in [-0.15, -0.1) is 0 Å². The van der Waals surface area contributed by atoms with Crippen LogP contribution in [0, 0.1) is 0 Å². The number of carbonyl (C=O) groups excluding carboxylic acids is 1. The van der Waals surface area contributed by atoms with E-state index < -0.39 is 0 Å². The van der Waals surface area contributed by atoms with E-state index in [-0.39, 0.29) is 5.97 Å². The number of rotatable bonds is 10. The number of nitrogens with zero attached hydrogens (tertiary/aromatic N) is 3. The zero-order valence-electron chi connectivity index (χ0n) is 14.4. The number of hydrogen-bond donors (Lipinski definition) is 0. The fourth-order valence-corrected chi connectivity index (χ4v) is 2.20. The lowest BCUT2D eigenvalue weighted by atomic mass is 10.1.